The average Bonchev–Trinajstić information content (AvgIpc) is 3.41. The Bertz CT molecular complexity index is 1010. The molecule has 0 spiro atoms. The summed E-state index contributed by atoms with van der Waals surface area (Å²) in [5.41, 5.74) is 4.70. The number of anilines is 1. The van der Waals surface area contributed by atoms with E-state index >= 15 is 0 Å². The van der Waals surface area contributed by atoms with Gasteiger partial charge in [-0.2, -0.15) is 5.10 Å². The van der Waals surface area contributed by atoms with E-state index < -0.39 is 6.09 Å². The first-order chi connectivity index (χ1) is 14.1. The standard InChI is InChI=1S/C20H23N5O3S/c26-18(9-14-2-1-3-15-19(14)29-11-22-15)23-17-10-16(24-25-17)13-5-4-12(8-13)6-7-21-20(27)28/h1-3,10-13,21H,4-9H2,(H,27,28)(H2,23,24,25,26)/t12-,13-/m0/s1. The Morgan fingerprint density at radius 2 is 2.21 bits per heavy atom. The molecule has 0 aliphatic heterocycles. The van der Waals surface area contributed by atoms with E-state index in [1.54, 1.807) is 16.8 Å². The molecule has 1 aliphatic carbocycles. The van der Waals surface area contributed by atoms with Gasteiger partial charge in [0.2, 0.25) is 5.91 Å². The molecule has 0 radical (unpaired) electrons. The molecule has 9 heteroatoms. The summed E-state index contributed by atoms with van der Waals surface area (Å²) in [4.78, 5) is 27.3. The van der Waals surface area contributed by atoms with E-state index in [4.69, 9.17) is 5.11 Å². The highest BCUT2D eigenvalue weighted by molar-refractivity contribution is 7.17. The molecule has 2 aromatic heterocycles. The van der Waals surface area contributed by atoms with Gasteiger partial charge in [0.15, 0.2) is 5.82 Å². The molecule has 29 heavy (non-hydrogen) atoms. The zero-order valence-corrected chi connectivity index (χ0v) is 16.7. The van der Waals surface area contributed by atoms with Crippen molar-refractivity contribution in [3.8, 4) is 0 Å². The first-order valence-corrected chi connectivity index (χ1v) is 10.6. The fraction of sp³-hybridized carbons (Fsp3) is 0.400. The van der Waals surface area contributed by atoms with Gasteiger partial charge in [-0.15, -0.1) is 11.3 Å². The molecular formula is C20H23N5O3S. The van der Waals surface area contributed by atoms with Gasteiger partial charge in [0.25, 0.3) is 0 Å². The van der Waals surface area contributed by atoms with E-state index in [0.717, 1.165) is 47.2 Å². The lowest BCUT2D eigenvalue weighted by Gasteiger charge is -2.09. The molecule has 152 valence electrons. The summed E-state index contributed by atoms with van der Waals surface area (Å²) >= 11 is 1.54. The molecule has 2 atom stereocenters. The van der Waals surface area contributed by atoms with Crippen LogP contribution in [0, 0.1) is 5.92 Å². The molecule has 1 saturated carbocycles. The number of hydrogen-bond donors (Lipinski definition) is 4. The summed E-state index contributed by atoms with van der Waals surface area (Å²) in [5, 5.41) is 21.3. The lowest BCUT2D eigenvalue weighted by molar-refractivity contribution is -0.115. The summed E-state index contributed by atoms with van der Waals surface area (Å²) in [6.07, 6.45) is 3.28. The highest BCUT2D eigenvalue weighted by Crippen LogP contribution is 2.39. The van der Waals surface area contributed by atoms with Crippen LogP contribution in [-0.2, 0) is 11.2 Å². The van der Waals surface area contributed by atoms with Crippen molar-refractivity contribution in [3.63, 3.8) is 0 Å². The van der Waals surface area contributed by atoms with Gasteiger partial charge < -0.3 is 15.7 Å². The van der Waals surface area contributed by atoms with Crippen molar-refractivity contribution in [3.05, 3.63) is 41.0 Å². The predicted octanol–water partition coefficient (Wildman–Crippen LogP) is 3.74. The molecule has 3 aromatic rings. The van der Waals surface area contributed by atoms with E-state index in [1.165, 1.54) is 0 Å². The van der Waals surface area contributed by atoms with Crippen LogP contribution in [0.15, 0.2) is 29.8 Å². The number of thiazole rings is 1. The van der Waals surface area contributed by atoms with E-state index in [1.807, 2.05) is 24.3 Å². The number of H-pyrrole nitrogens is 1. The van der Waals surface area contributed by atoms with E-state index in [-0.39, 0.29) is 12.3 Å². The van der Waals surface area contributed by atoms with Crippen LogP contribution in [-0.4, -0.2) is 38.8 Å². The molecule has 2 amide bonds. The molecule has 8 nitrogen and oxygen atoms in total. The number of carboxylic acid groups (broad SMARTS) is 1. The Balaban J connectivity index is 1.31. The maximum absolute atomic E-state index is 12.5. The van der Waals surface area contributed by atoms with Crippen molar-refractivity contribution in [1.29, 1.82) is 0 Å². The molecule has 1 aliphatic rings. The smallest absolute Gasteiger partial charge is 0.404 e. The monoisotopic (exact) mass is 413 g/mol. The molecule has 4 rings (SSSR count). The van der Waals surface area contributed by atoms with Gasteiger partial charge in [-0.3, -0.25) is 9.89 Å². The Morgan fingerprint density at radius 3 is 3.07 bits per heavy atom. The van der Waals surface area contributed by atoms with Crippen LogP contribution < -0.4 is 10.6 Å². The number of aromatic amines is 1. The topological polar surface area (TPSA) is 120 Å². The second-order valence-corrected chi connectivity index (χ2v) is 8.30. The second kappa shape index (κ2) is 8.60. The van der Waals surface area contributed by atoms with E-state index in [0.29, 0.717) is 24.2 Å². The number of nitrogens with one attached hydrogen (secondary N) is 3. The normalized spacial score (nSPS) is 18.8. The summed E-state index contributed by atoms with van der Waals surface area (Å²) in [6.45, 7) is 0.490. The third-order valence-corrected chi connectivity index (χ3v) is 6.38. The number of hydrogen-bond acceptors (Lipinski definition) is 5. The van der Waals surface area contributed by atoms with E-state index in [9.17, 15) is 9.59 Å². The number of carbonyl (C=O) groups excluding carboxylic acids is 1. The number of amides is 2. The lowest BCUT2D eigenvalue weighted by Crippen LogP contribution is -2.23. The van der Waals surface area contributed by atoms with Crippen molar-refractivity contribution < 1.29 is 14.7 Å². The van der Waals surface area contributed by atoms with Crippen LogP contribution in [0.25, 0.3) is 10.2 Å². The van der Waals surface area contributed by atoms with Crippen molar-refractivity contribution in [2.45, 2.75) is 38.0 Å². The van der Waals surface area contributed by atoms with Gasteiger partial charge in [0, 0.05) is 24.2 Å². The van der Waals surface area contributed by atoms with Gasteiger partial charge >= 0.3 is 6.09 Å². The molecule has 4 N–H and O–H groups in total. The molecular weight excluding hydrogens is 390 g/mol. The molecule has 1 fully saturated rings. The summed E-state index contributed by atoms with van der Waals surface area (Å²) in [5.74, 6) is 1.31. The molecule has 2 heterocycles. The van der Waals surface area contributed by atoms with Gasteiger partial charge in [-0.1, -0.05) is 12.1 Å². The Morgan fingerprint density at radius 1 is 1.31 bits per heavy atom. The van der Waals surface area contributed by atoms with Crippen molar-refractivity contribution in [2.75, 3.05) is 11.9 Å². The third-order valence-electron chi connectivity index (χ3n) is 5.46. The maximum atomic E-state index is 12.5. The zero-order valence-electron chi connectivity index (χ0n) is 15.9. The fourth-order valence-electron chi connectivity index (χ4n) is 4.06. The van der Waals surface area contributed by atoms with Gasteiger partial charge in [-0.05, 0) is 43.2 Å². The van der Waals surface area contributed by atoms with Crippen LogP contribution in [0.3, 0.4) is 0 Å². The summed E-state index contributed by atoms with van der Waals surface area (Å²) in [7, 11) is 0. The minimum absolute atomic E-state index is 0.104. The number of aromatic nitrogens is 3. The largest absolute Gasteiger partial charge is 0.465 e. The molecule has 0 saturated heterocycles. The quantitative estimate of drug-likeness (QED) is 0.470. The van der Waals surface area contributed by atoms with Gasteiger partial charge in [0.05, 0.1) is 22.1 Å². The number of rotatable bonds is 7. The lowest BCUT2D eigenvalue weighted by atomic mass is 9.99. The first-order valence-electron chi connectivity index (χ1n) is 9.71. The Kier molecular flexibility index (Phi) is 5.75. The number of benzene rings is 1. The number of nitrogens with zero attached hydrogens (tertiary/aromatic N) is 2. The Hall–Kier alpha value is -2.94. The van der Waals surface area contributed by atoms with Crippen LogP contribution >= 0.6 is 11.3 Å². The SMILES string of the molecule is O=C(O)NCC[C@@H]1CC[C@H](c2cc(NC(=O)Cc3cccc4ncsc34)n[nH]2)C1. The van der Waals surface area contributed by atoms with E-state index in [2.05, 4.69) is 25.8 Å². The minimum atomic E-state index is -0.972. The summed E-state index contributed by atoms with van der Waals surface area (Å²) in [6, 6.07) is 7.72. The highest BCUT2D eigenvalue weighted by Gasteiger charge is 2.27. The van der Waals surface area contributed by atoms with Gasteiger partial charge in [0.1, 0.15) is 0 Å². The second-order valence-electron chi connectivity index (χ2n) is 7.45. The van der Waals surface area contributed by atoms with Crippen LogP contribution in [0.1, 0.15) is 42.9 Å². The van der Waals surface area contributed by atoms with Crippen LogP contribution in [0.4, 0.5) is 10.6 Å². The predicted molar refractivity (Wildman–Crippen MR) is 111 cm³/mol. The van der Waals surface area contributed by atoms with Crippen LogP contribution in [0.2, 0.25) is 0 Å². The zero-order chi connectivity index (χ0) is 20.2. The average molecular weight is 414 g/mol. The fourth-order valence-corrected chi connectivity index (χ4v) is 4.86. The minimum Gasteiger partial charge on any atom is -0.465 e. The molecule has 0 bridgehead atoms. The molecule has 0 unspecified atom stereocenters. The highest BCUT2D eigenvalue weighted by atomic mass is 32.1. The maximum Gasteiger partial charge on any atom is 0.404 e. The Labute approximate surface area is 171 Å². The van der Waals surface area contributed by atoms with Crippen molar-refractivity contribution >= 4 is 39.4 Å². The van der Waals surface area contributed by atoms with Crippen molar-refractivity contribution in [2.24, 2.45) is 5.92 Å². The molecule has 1 aromatic carbocycles. The number of fused-ring (bicyclic) bond motifs is 1. The number of carbonyl (C=O) groups is 2. The van der Waals surface area contributed by atoms with Crippen LogP contribution in [0.5, 0.6) is 0 Å². The third kappa shape index (κ3) is 4.73. The van der Waals surface area contributed by atoms with Crippen molar-refractivity contribution in [1.82, 2.24) is 20.5 Å². The summed E-state index contributed by atoms with van der Waals surface area (Å²) < 4.78 is 1.04. The van der Waals surface area contributed by atoms with Gasteiger partial charge in [-0.25, -0.2) is 9.78 Å². The first kappa shape index (κ1) is 19.4.